The van der Waals surface area contributed by atoms with Crippen molar-refractivity contribution in [3.8, 4) is 0 Å². The molecule has 7 heteroatoms. The fourth-order valence-electron chi connectivity index (χ4n) is 2.59. The quantitative estimate of drug-likeness (QED) is 0.760. The summed E-state index contributed by atoms with van der Waals surface area (Å²) in [6, 6.07) is -0.879. The molecule has 0 aliphatic carbocycles. The lowest BCUT2D eigenvalue weighted by Gasteiger charge is -2.43. The first-order valence-corrected chi connectivity index (χ1v) is 6.09. The van der Waals surface area contributed by atoms with Gasteiger partial charge in [-0.3, -0.25) is 9.59 Å². The molecule has 104 valence electrons. The first-order valence-electron chi connectivity index (χ1n) is 6.09. The molecule has 0 spiro atoms. The van der Waals surface area contributed by atoms with Gasteiger partial charge in [0.05, 0.1) is 11.6 Å². The van der Waals surface area contributed by atoms with E-state index < -0.39 is 18.6 Å². The van der Waals surface area contributed by atoms with E-state index in [1.807, 2.05) is 0 Å². The van der Waals surface area contributed by atoms with E-state index in [-0.39, 0.29) is 11.9 Å². The van der Waals surface area contributed by atoms with Gasteiger partial charge in [0.25, 0.3) is 5.91 Å². The molecule has 2 aliphatic rings. The largest absolute Gasteiger partial charge is 0.480 e. The summed E-state index contributed by atoms with van der Waals surface area (Å²) in [7, 11) is 3.29. The van der Waals surface area contributed by atoms with Crippen LogP contribution in [0.1, 0.15) is 13.3 Å². The first kappa shape index (κ1) is 13.4. The highest BCUT2D eigenvalue weighted by molar-refractivity contribution is 5.99. The van der Waals surface area contributed by atoms with Crippen LogP contribution in [0.2, 0.25) is 0 Å². The summed E-state index contributed by atoms with van der Waals surface area (Å²) in [6.45, 7) is 1.86. The molecule has 7 nitrogen and oxygen atoms in total. The molecule has 1 atom stereocenters. The van der Waals surface area contributed by atoms with Crippen LogP contribution >= 0.6 is 0 Å². The number of hydrogen-bond donors (Lipinski definition) is 1. The Balaban J connectivity index is 2.43. The van der Waals surface area contributed by atoms with Crippen molar-refractivity contribution in [2.24, 2.45) is 0 Å². The Labute approximate surface area is 111 Å². The molecule has 2 heterocycles. The van der Waals surface area contributed by atoms with E-state index in [0.717, 1.165) is 0 Å². The van der Waals surface area contributed by atoms with Gasteiger partial charge in [0.2, 0.25) is 0 Å². The maximum atomic E-state index is 12.2. The Morgan fingerprint density at radius 2 is 2.00 bits per heavy atom. The van der Waals surface area contributed by atoms with Crippen molar-refractivity contribution >= 4 is 17.9 Å². The van der Waals surface area contributed by atoms with Gasteiger partial charge in [0, 0.05) is 32.8 Å². The Kier molecular flexibility index (Phi) is 3.21. The van der Waals surface area contributed by atoms with E-state index in [0.29, 0.717) is 24.2 Å². The molecule has 2 aliphatic heterocycles. The van der Waals surface area contributed by atoms with Gasteiger partial charge in [-0.15, -0.1) is 0 Å². The standard InChI is InChI=1S/C12H17N3O4/c1-7-10-8(4-5-13(2)11(10)18)14(3)12(19)15(7)6-9(16)17/h7H,4-6H2,1-3H3,(H,16,17). The molecular weight excluding hydrogens is 250 g/mol. The van der Waals surface area contributed by atoms with Gasteiger partial charge in [0.15, 0.2) is 0 Å². The number of carbonyl (C=O) groups is 3. The van der Waals surface area contributed by atoms with Crippen LogP contribution in [0.25, 0.3) is 0 Å². The van der Waals surface area contributed by atoms with Crippen molar-refractivity contribution in [1.29, 1.82) is 0 Å². The van der Waals surface area contributed by atoms with Crippen molar-refractivity contribution in [3.63, 3.8) is 0 Å². The molecule has 0 aromatic heterocycles. The molecule has 1 unspecified atom stereocenters. The highest BCUT2D eigenvalue weighted by Gasteiger charge is 2.41. The fraction of sp³-hybridized carbons (Fsp3) is 0.583. The van der Waals surface area contributed by atoms with Gasteiger partial charge in [-0.25, -0.2) is 4.79 Å². The summed E-state index contributed by atoms with van der Waals surface area (Å²) in [6.07, 6.45) is 0.616. The highest BCUT2D eigenvalue weighted by Crippen LogP contribution is 2.31. The zero-order chi connectivity index (χ0) is 14.3. The van der Waals surface area contributed by atoms with E-state index in [4.69, 9.17) is 5.11 Å². The van der Waals surface area contributed by atoms with Crippen LogP contribution in [-0.4, -0.2) is 70.9 Å². The van der Waals surface area contributed by atoms with Gasteiger partial charge in [-0.05, 0) is 6.92 Å². The van der Waals surface area contributed by atoms with Gasteiger partial charge in [-0.2, -0.15) is 0 Å². The van der Waals surface area contributed by atoms with Gasteiger partial charge < -0.3 is 19.8 Å². The molecule has 1 N–H and O–H groups in total. The number of amides is 3. The minimum Gasteiger partial charge on any atom is -0.480 e. The predicted octanol–water partition coefficient (Wildman–Crippen LogP) is -0.0569. The van der Waals surface area contributed by atoms with E-state index in [2.05, 4.69) is 0 Å². The summed E-state index contributed by atoms with van der Waals surface area (Å²) < 4.78 is 0. The highest BCUT2D eigenvalue weighted by atomic mass is 16.4. The van der Waals surface area contributed by atoms with Crippen LogP contribution in [0.4, 0.5) is 4.79 Å². The van der Waals surface area contributed by atoms with E-state index in [1.54, 1.807) is 25.9 Å². The third kappa shape index (κ3) is 2.05. The number of likely N-dealkylation sites (N-methyl/N-ethyl adjacent to an activating group) is 1. The number of rotatable bonds is 2. The monoisotopic (exact) mass is 267 g/mol. The molecule has 0 fully saturated rings. The zero-order valence-electron chi connectivity index (χ0n) is 11.2. The Hall–Kier alpha value is -2.05. The average Bonchev–Trinajstić information content (AvgIpc) is 2.35. The molecule has 0 saturated heterocycles. The summed E-state index contributed by atoms with van der Waals surface area (Å²) in [5.74, 6) is -1.22. The van der Waals surface area contributed by atoms with Crippen LogP contribution in [-0.2, 0) is 9.59 Å². The minimum absolute atomic E-state index is 0.136. The Morgan fingerprint density at radius 3 is 2.58 bits per heavy atom. The fourth-order valence-corrected chi connectivity index (χ4v) is 2.59. The van der Waals surface area contributed by atoms with Crippen LogP contribution in [0.5, 0.6) is 0 Å². The molecule has 0 saturated carbocycles. The summed E-state index contributed by atoms with van der Waals surface area (Å²) >= 11 is 0. The predicted molar refractivity (Wildman–Crippen MR) is 66.2 cm³/mol. The van der Waals surface area contributed by atoms with E-state index in [1.165, 1.54) is 9.80 Å². The third-order valence-electron chi connectivity index (χ3n) is 3.70. The van der Waals surface area contributed by atoms with Crippen molar-refractivity contribution < 1.29 is 19.5 Å². The normalized spacial score (nSPS) is 23.9. The lowest BCUT2D eigenvalue weighted by molar-refractivity contribution is -0.138. The van der Waals surface area contributed by atoms with Gasteiger partial charge in [0.1, 0.15) is 6.54 Å². The second-order valence-electron chi connectivity index (χ2n) is 4.88. The molecule has 0 radical (unpaired) electrons. The average molecular weight is 267 g/mol. The number of urea groups is 1. The molecule has 0 aromatic carbocycles. The Bertz CT molecular complexity index is 485. The van der Waals surface area contributed by atoms with Crippen molar-refractivity contribution in [1.82, 2.24) is 14.7 Å². The van der Waals surface area contributed by atoms with Crippen molar-refractivity contribution in [3.05, 3.63) is 11.3 Å². The molecule has 2 rings (SSSR count). The smallest absolute Gasteiger partial charge is 0.325 e. The van der Waals surface area contributed by atoms with Crippen LogP contribution in [0.3, 0.4) is 0 Å². The van der Waals surface area contributed by atoms with Crippen LogP contribution in [0, 0.1) is 0 Å². The third-order valence-corrected chi connectivity index (χ3v) is 3.70. The molecule has 0 aromatic rings. The maximum absolute atomic E-state index is 12.2. The summed E-state index contributed by atoms with van der Waals surface area (Å²) in [5.41, 5.74) is 1.24. The van der Waals surface area contributed by atoms with Crippen molar-refractivity contribution in [2.45, 2.75) is 19.4 Å². The number of hydrogen-bond acceptors (Lipinski definition) is 3. The summed E-state index contributed by atoms with van der Waals surface area (Å²) in [4.78, 5) is 39.4. The lowest BCUT2D eigenvalue weighted by atomic mass is 9.95. The zero-order valence-corrected chi connectivity index (χ0v) is 11.2. The molecule has 19 heavy (non-hydrogen) atoms. The number of carboxylic acid groups (broad SMARTS) is 1. The van der Waals surface area contributed by atoms with Gasteiger partial charge in [-0.1, -0.05) is 0 Å². The summed E-state index contributed by atoms with van der Waals surface area (Å²) in [5, 5.41) is 8.88. The Morgan fingerprint density at radius 1 is 1.37 bits per heavy atom. The number of carbonyl (C=O) groups excluding carboxylic acids is 2. The number of carboxylic acids is 1. The minimum atomic E-state index is -1.09. The van der Waals surface area contributed by atoms with Crippen LogP contribution in [0.15, 0.2) is 11.3 Å². The van der Waals surface area contributed by atoms with Crippen LogP contribution < -0.4 is 0 Å². The SMILES string of the molecule is CC1C2=C(CCN(C)C2=O)N(C)C(=O)N1CC(=O)O. The van der Waals surface area contributed by atoms with E-state index in [9.17, 15) is 14.4 Å². The topological polar surface area (TPSA) is 81.2 Å². The van der Waals surface area contributed by atoms with E-state index >= 15 is 0 Å². The second-order valence-corrected chi connectivity index (χ2v) is 4.88. The molecular formula is C12H17N3O4. The second kappa shape index (κ2) is 4.56. The molecule has 0 bridgehead atoms. The number of aliphatic carboxylic acids is 1. The first-order chi connectivity index (χ1) is 8.84. The molecule has 3 amide bonds. The maximum Gasteiger partial charge on any atom is 0.325 e. The van der Waals surface area contributed by atoms with Gasteiger partial charge >= 0.3 is 12.0 Å². The van der Waals surface area contributed by atoms with Crippen molar-refractivity contribution in [2.75, 3.05) is 27.2 Å². The lowest BCUT2D eigenvalue weighted by Crippen LogP contribution is -2.57. The number of nitrogens with zero attached hydrogens (tertiary/aromatic N) is 3.